The molecule has 4 rings (SSSR count). The molecule has 3 aliphatic rings. The number of hydrogen-bond acceptors (Lipinski definition) is 2. The van der Waals surface area contributed by atoms with E-state index in [4.69, 9.17) is 0 Å². The van der Waals surface area contributed by atoms with Gasteiger partial charge in [0.25, 0.3) is 0 Å². The molecule has 1 aromatic rings. The van der Waals surface area contributed by atoms with Crippen LogP contribution in [0.5, 0.6) is 0 Å². The molecular formula is C19H13NO2. The van der Waals surface area contributed by atoms with Gasteiger partial charge in [-0.05, 0) is 23.4 Å². The van der Waals surface area contributed by atoms with E-state index in [0.717, 1.165) is 27.4 Å². The SMILES string of the molecule is O=C(O)C1=CN2C3=CC=CC=CC3=c3ccccc3=C2C=C1. The number of hydrogen-bond donors (Lipinski definition) is 1. The normalized spacial score (nSPS) is 18.1. The molecule has 1 aromatic carbocycles. The number of carboxylic acid groups (broad SMARTS) is 1. The zero-order valence-corrected chi connectivity index (χ0v) is 11.7. The molecule has 1 aliphatic carbocycles. The highest BCUT2D eigenvalue weighted by Crippen LogP contribution is 2.30. The van der Waals surface area contributed by atoms with Crippen LogP contribution < -0.4 is 10.4 Å². The summed E-state index contributed by atoms with van der Waals surface area (Å²) in [5.41, 5.74) is 3.36. The summed E-state index contributed by atoms with van der Waals surface area (Å²) < 4.78 is 0. The minimum atomic E-state index is -0.920. The molecule has 0 saturated heterocycles. The van der Waals surface area contributed by atoms with Crippen LogP contribution in [0.15, 0.2) is 84.3 Å². The summed E-state index contributed by atoms with van der Waals surface area (Å²) in [7, 11) is 0. The van der Waals surface area contributed by atoms with Crippen LogP contribution in [0.2, 0.25) is 0 Å². The number of fused-ring (bicyclic) bond motifs is 4. The molecule has 1 N–H and O–H groups in total. The Morgan fingerprint density at radius 1 is 0.955 bits per heavy atom. The van der Waals surface area contributed by atoms with E-state index in [2.05, 4.69) is 18.2 Å². The van der Waals surface area contributed by atoms with Gasteiger partial charge < -0.3 is 10.0 Å². The lowest BCUT2D eigenvalue weighted by Gasteiger charge is -2.31. The van der Waals surface area contributed by atoms with Gasteiger partial charge in [-0.25, -0.2) is 4.79 Å². The van der Waals surface area contributed by atoms with Gasteiger partial charge in [-0.1, -0.05) is 48.6 Å². The quantitative estimate of drug-likeness (QED) is 0.856. The lowest BCUT2D eigenvalue weighted by Crippen LogP contribution is -2.39. The van der Waals surface area contributed by atoms with Crippen LogP contribution in [0, 0.1) is 0 Å². The first-order valence-electron chi connectivity index (χ1n) is 7.07. The molecule has 0 radical (unpaired) electrons. The molecule has 2 heterocycles. The van der Waals surface area contributed by atoms with E-state index < -0.39 is 5.97 Å². The summed E-state index contributed by atoms with van der Waals surface area (Å²) in [6.07, 6.45) is 15.2. The average Bonchev–Trinajstić information content (AvgIpc) is 2.80. The van der Waals surface area contributed by atoms with E-state index in [9.17, 15) is 9.90 Å². The summed E-state index contributed by atoms with van der Waals surface area (Å²) in [5, 5.41) is 11.5. The molecule has 0 spiro atoms. The molecule has 0 amide bonds. The maximum atomic E-state index is 11.3. The first-order chi connectivity index (χ1) is 10.8. The predicted molar refractivity (Wildman–Crippen MR) is 85.6 cm³/mol. The lowest BCUT2D eigenvalue weighted by atomic mass is 9.97. The van der Waals surface area contributed by atoms with Gasteiger partial charge in [0, 0.05) is 17.0 Å². The molecule has 22 heavy (non-hydrogen) atoms. The van der Waals surface area contributed by atoms with Crippen molar-refractivity contribution in [2.75, 3.05) is 0 Å². The Balaban J connectivity index is 2.11. The Bertz CT molecular complexity index is 955. The highest BCUT2D eigenvalue weighted by atomic mass is 16.4. The molecule has 0 atom stereocenters. The zero-order chi connectivity index (χ0) is 15.1. The Labute approximate surface area is 127 Å². The third kappa shape index (κ3) is 1.79. The van der Waals surface area contributed by atoms with Crippen molar-refractivity contribution < 1.29 is 9.90 Å². The van der Waals surface area contributed by atoms with Crippen molar-refractivity contribution in [2.45, 2.75) is 0 Å². The van der Waals surface area contributed by atoms with Crippen molar-refractivity contribution in [2.24, 2.45) is 0 Å². The van der Waals surface area contributed by atoms with Crippen LogP contribution >= 0.6 is 0 Å². The number of carboxylic acids is 1. The molecule has 0 bridgehead atoms. The second-order valence-electron chi connectivity index (χ2n) is 5.23. The van der Waals surface area contributed by atoms with E-state index in [0.29, 0.717) is 0 Å². The largest absolute Gasteiger partial charge is 0.478 e. The Morgan fingerprint density at radius 3 is 2.59 bits per heavy atom. The first kappa shape index (κ1) is 12.7. The van der Waals surface area contributed by atoms with Crippen molar-refractivity contribution in [3.05, 3.63) is 94.7 Å². The number of nitrogens with zero attached hydrogens (tertiary/aromatic N) is 1. The van der Waals surface area contributed by atoms with E-state index in [1.54, 1.807) is 12.3 Å². The van der Waals surface area contributed by atoms with Gasteiger partial charge in [0.2, 0.25) is 0 Å². The fourth-order valence-electron chi connectivity index (χ4n) is 2.96. The van der Waals surface area contributed by atoms with E-state index in [1.807, 2.05) is 47.4 Å². The minimum absolute atomic E-state index is 0.278. The van der Waals surface area contributed by atoms with E-state index in [1.165, 1.54) is 0 Å². The number of allylic oxidation sites excluding steroid dienone is 5. The van der Waals surface area contributed by atoms with Crippen LogP contribution in [0.4, 0.5) is 0 Å². The zero-order valence-electron chi connectivity index (χ0n) is 11.7. The van der Waals surface area contributed by atoms with Crippen molar-refractivity contribution in [1.29, 1.82) is 0 Å². The summed E-state index contributed by atoms with van der Waals surface area (Å²) in [6, 6.07) is 8.19. The molecule has 106 valence electrons. The second kappa shape index (κ2) is 4.74. The monoisotopic (exact) mass is 287 g/mol. The highest BCUT2D eigenvalue weighted by Gasteiger charge is 2.24. The summed E-state index contributed by atoms with van der Waals surface area (Å²) >= 11 is 0. The van der Waals surface area contributed by atoms with Crippen LogP contribution in [0.25, 0.3) is 11.3 Å². The molecule has 3 nitrogen and oxygen atoms in total. The number of rotatable bonds is 1. The van der Waals surface area contributed by atoms with E-state index in [-0.39, 0.29) is 5.57 Å². The average molecular weight is 287 g/mol. The third-order valence-corrected chi connectivity index (χ3v) is 3.96. The van der Waals surface area contributed by atoms with Crippen LogP contribution in [-0.2, 0) is 4.79 Å². The number of benzene rings is 1. The second-order valence-corrected chi connectivity index (χ2v) is 5.23. The maximum absolute atomic E-state index is 11.3. The van der Waals surface area contributed by atoms with Crippen molar-refractivity contribution in [3.8, 4) is 0 Å². The van der Waals surface area contributed by atoms with Gasteiger partial charge in [0.1, 0.15) is 0 Å². The van der Waals surface area contributed by atoms with E-state index >= 15 is 0 Å². The van der Waals surface area contributed by atoms with Crippen molar-refractivity contribution in [3.63, 3.8) is 0 Å². The summed E-state index contributed by atoms with van der Waals surface area (Å²) in [4.78, 5) is 13.3. The molecule has 0 fully saturated rings. The molecule has 0 unspecified atom stereocenters. The molecule has 0 aromatic heterocycles. The molecule has 0 saturated carbocycles. The fourth-order valence-corrected chi connectivity index (χ4v) is 2.96. The minimum Gasteiger partial charge on any atom is -0.478 e. The fraction of sp³-hybridized carbons (Fsp3) is 0. The van der Waals surface area contributed by atoms with Gasteiger partial charge in [-0.3, -0.25) is 0 Å². The molecule has 2 aliphatic heterocycles. The Morgan fingerprint density at radius 2 is 1.77 bits per heavy atom. The smallest absolute Gasteiger partial charge is 0.337 e. The van der Waals surface area contributed by atoms with Crippen molar-refractivity contribution >= 4 is 17.2 Å². The molecule has 3 heteroatoms. The third-order valence-electron chi connectivity index (χ3n) is 3.96. The summed E-state index contributed by atoms with van der Waals surface area (Å²) in [5.74, 6) is -0.920. The van der Waals surface area contributed by atoms with Crippen LogP contribution in [-0.4, -0.2) is 16.0 Å². The van der Waals surface area contributed by atoms with Gasteiger partial charge in [0.15, 0.2) is 0 Å². The Kier molecular flexibility index (Phi) is 2.73. The highest BCUT2D eigenvalue weighted by molar-refractivity contribution is 5.93. The molecular weight excluding hydrogens is 274 g/mol. The van der Waals surface area contributed by atoms with Gasteiger partial charge >= 0.3 is 5.97 Å². The lowest BCUT2D eigenvalue weighted by molar-refractivity contribution is -0.132. The van der Waals surface area contributed by atoms with Crippen LogP contribution in [0.1, 0.15) is 0 Å². The topological polar surface area (TPSA) is 40.5 Å². The predicted octanol–water partition coefficient (Wildman–Crippen LogP) is 1.81. The number of carbonyl (C=O) groups is 1. The summed E-state index contributed by atoms with van der Waals surface area (Å²) in [6.45, 7) is 0. The standard InChI is InChI=1S/C19H13NO2/c21-19(22)13-10-11-18-16-8-5-4-6-14(16)15-7-2-1-3-9-17(15)20(18)12-13/h1-12H,(H,21,22). The number of aliphatic carboxylic acids is 1. The first-order valence-corrected chi connectivity index (χ1v) is 7.07. The van der Waals surface area contributed by atoms with Crippen LogP contribution in [0.3, 0.4) is 0 Å². The Hall–Kier alpha value is -3.07. The van der Waals surface area contributed by atoms with Gasteiger partial charge in [-0.2, -0.15) is 0 Å². The maximum Gasteiger partial charge on any atom is 0.337 e. The van der Waals surface area contributed by atoms with Gasteiger partial charge in [0.05, 0.1) is 17.0 Å². The van der Waals surface area contributed by atoms with Gasteiger partial charge in [-0.15, -0.1) is 0 Å². The van der Waals surface area contributed by atoms with Crippen molar-refractivity contribution in [1.82, 2.24) is 4.90 Å².